The van der Waals surface area contributed by atoms with E-state index in [4.69, 9.17) is 10.5 Å². The van der Waals surface area contributed by atoms with Crippen molar-refractivity contribution in [3.63, 3.8) is 0 Å². The van der Waals surface area contributed by atoms with Crippen LogP contribution in [0.25, 0.3) is 0 Å². The molecule has 0 aromatic heterocycles. The molecule has 2 atom stereocenters. The van der Waals surface area contributed by atoms with Crippen molar-refractivity contribution in [1.82, 2.24) is 5.32 Å². The van der Waals surface area contributed by atoms with Crippen LogP contribution in [0.3, 0.4) is 0 Å². The Hall–Kier alpha value is -1.63. The fourth-order valence-corrected chi connectivity index (χ4v) is 8.46. The predicted octanol–water partition coefficient (Wildman–Crippen LogP) is 15.6. The number of ether oxygens (including phenoxy) is 1. The molecule has 0 aromatic rings. The number of unbranched alkanes of at least 4 members (excludes halogenated alkanes) is 35. The second-order valence-corrected chi connectivity index (χ2v) is 18.3. The molecule has 4 N–H and O–H groups in total. The van der Waals surface area contributed by atoms with Crippen LogP contribution in [0.4, 0.5) is 0 Å². The summed E-state index contributed by atoms with van der Waals surface area (Å²) in [6.07, 6.45) is 53.1. The Morgan fingerprint density at radius 1 is 0.424 bits per heavy atom. The first-order valence-electron chi connectivity index (χ1n) is 26.4. The Kier molecular flexibility index (Phi) is 46.1. The van der Waals surface area contributed by atoms with Crippen LogP contribution in [-0.4, -0.2) is 41.6 Å². The zero-order valence-electron chi connectivity index (χ0n) is 39.6. The van der Waals surface area contributed by atoms with Crippen molar-refractivity contribution < 1.29 is 24.2 Å². The number of nitrogens with two attached hydrogens (primary N) is 1. The number of carbonyl (C=O) groups is 3. The average molecular weight is 835 g/mol. The third kappa shape index (κ3) is 44.2. The molecule has 0 aliphatic heterocycles. The van der Waals surface area contributed by atoms with E-state index in [0.717, 1.165) is 64.2 Å². The second kappa shape index (κ2) is 47.4. The summed E-state index contributed by atoms with van der Waals surface area (Å²) in [5.74, 6) is -1.20. The third-order valence-electron chi connectivity index (χ3n) is 12.4. The van der Waals surface area contributed by atoms with Crippen molar-refractivity contribution in [1.29, 1.82) is 0 Å². The molecule has 0 saturated heterocycles. The third-order valence-corrected chi connectivity index (χ3v) is 12.4. The molecule has 7 heteroatoms. The lowest BCUT2D eigenvalue weighted by Gasteiger charge is -2.18. The highest BCUT2D eigenvalue weighted by molar-refractivity contribution is 5.83. The van der Waals surface area contributed by atoms with E-state index in [9.17, 15) is 19.5 Å². The minimum absolute atomic E-state index is 0.0103. The normalized spacial score (nSPS) is 12.5. The van der Waals surface area contributed by atoms with Crippen LogP contribution in [0.5, 0.6) is 0 Å². The van der Waals surface area contributed by atoms with Gasteiger partial charge in [0.05, 0.1) is 0 Å². The van der Waals surface area contributed by atoms with Gasteiger partial charge in [0.1, 0.15) is 12.1 Å². The molecule has 350 valence electrons. The van der Waals surface area contributed by atoms with Gasteiger partial charge in [-0.25, -0.2) is 4.79 Å². The molecular formula is C52H102N2O5. The fraction of sp³-hybridized carbons (Fsp3) is 0.942. The van der Waals surface area contributed by atoms with Crippen molar-refractivity contribution in [2.45, 2.75) is 309 Å². The molecule has 0 radical (unpaired) electrons. The van der Waals surface area contributed by atoms with Crippen LogP contribution in [0, 0.1) is 0 Å². The number of hydrogen-bond donors (Lipinski definition) is 3. The van der Waals surface area contributed by atoms with Crippen molar-refractivity contribution in [3.8, 4) is 0 Å². The maximum Gasteiger partial charge on any atom is 0.326 e. The summed E-state index contributed by atoms with van der Waals surface area (Å²) in [6, 6.07) is -0.853. The van der Waals surface area contributed by atoms with E-state index in [2.05, 4.69) is 19.2 Å². The number of amides is 1. The molecule has 0 saturated carbocycles. The minimum Gasteiger partial charge on any atom is -0.480 e. The summed E-state index contributed by atoms with van der Waals surface area (Å²) in [7, 11) is 0. The number of esters is 1. The molecule has 0 heterocycles. The highest BCUT2D eigenvalue weighted by Crippen LogP contribution is 2.20. The lowest BCUT2D eigenvalue weighted by atomic mass is 10.0. The summed E-state index contributed by atoms with van der Waals surface area (Å²) in [5, 5.41) is 12.0. The largest absolute Gasteiger partial charge is 0.480 e. The standard InChI is InChI=1S/C52H102N2O5/c1-3-5-7-9-11-13-15-17-18-19-20-21-22-23-24-25-27-29-31-36-40-46-51(56)59-48(42-37-33-30-28-26-16-14-12-10-8-6-4-2)43-38-34-32-35-39-45-50(55)54-49(52(57)58)44-41-47-53/h48-49H,3-47,53H2,1-2H3,(H,54,55)(H,57,58). The predicted molar refractivity (Wildman–Crippen MR) is 253 cm³/mol. The second-order valence-electron chi connectivity index (χ2n) is 18.3. The Labute approximate surface area is 367 Å². The minimum atomic E-state index is -0.999. The Morgan fingerprint density at radius 3 is 1.05 bits per heavy atom. The molecule has 2 unspecified atom stereocenters. The maximum atomic E-state index is 12.9. The molecule has 7 nitrogen and oxygen atoms in total. The van der Waals surface area contributed by atoms with E-state index in [-0.39, 0.29) is 18.0 Å². The van der Waals surface area contributed by atoms with E-state index in [1.54, 1.807) is 0 Å². The number of rotatable bonds is 49. The summed E-state index contributed by atoms with van der Waals surface area (Å²) >= 11 is 0. The van der Waals surface area contributed by atoms with Gasteiger partial charge in [0, 0.05) is 12.8 Å². The van der Waals surface area contributed by atoms with Gasteiger partial charge < -0.3 is 20.9 Å². The quantitative estimate of drug-likeness (QED) is 0.0415. The van der Waals surface area contributed by atoms with Gasteiger partial charge in [-0.3, -0.25) is 9.59 Å². The number of carboxylic acid groups (broad SMARTS) is 1. The first-order chi connectivity index (χ1) is 28.9. The first kappa shape index (κ1) is 57.4. The lowest BCUT2D eigenvalue weighted by Crippen LogP contribution is -2.40. The number of carboxylic acids is 1. The summed E-state index contributed by atoms with van der Waals surface area (Å²) in [5.41, 5.74) is 5.50. The average Bonchev–Trinajstić information content (AvgIpc) is 3.22. The SMILES string of the molecule is CCCCCCCCCCCCCCCCCCCCCCCC(=O)OC(CCCCCCCCCCCCCC)CCCCCCCC(=O)NC(CCCN)C(=O)O. The van der Waals surface area contributed by atoms with Crippen LogP contribution in [0.2, 0.25) is 0 Å². The molecular weight excluding hydrogens is 733 g/mol. The van der Waals surface area contributed by atoms with Gasteiger partial charge in [0.2, 0.25) is 5.91 Å². The van der Waals surface area contributed by atoms with Gasteiger partial charge >= 0.3 is 11.9 Å². The van der Waals surface area contributed by atoms with Gasteiger partial charge in [-0.1, -0.05) is 232 Å². The smallest absolute Gasteiger partial charge is 0.326 e. The summed E-state index contributed by atoms with van der Waals surface area (Å²) in [4.78, 5) is 36.5. The van der Waals surface area contributed by atoms with Crippen LogP contribution in [-0.2, 0) is 19.1 Å². The van der Waals surface area contributed by atoms with Gasteiger partial charge in [-0.2, -0.15) is 0 Å². The van der Waals surface area contributed by atoms with Gasteiger partial charge in [-0.05, 0) is 57.9 Å². The molecule has 0 aromatic carbocycles. The molecule has 0 bridgehead atoms. The Balaban J connectivity index is 4.14. The van der Waals surface area contributed by atoms with E-state index < -0.39 is 12.0 Å². The molecule has 0 rings (SSSR count). The highest BCUT2D eigenvalue weighted by Gasteiger charge is 2.19. The van der Waals surface area contributed by atoms with Crippen LogP contribution in [0.1, 0.15) is 296 Å². The number of nitrogens with one attached hydrogen (secondary N) is 1. The van der Waals surface area contributed by atoms with Crippen molar-refractivity contribution in [2.24, 2.45) is 5.73 Å². The fourth-order valence-electron chi connectivity index (χ4n) is 8.46. The Morgan fingerprint density at radius 2 is 0.729 bits per heavy atom. The van der Waals surface area contributed by atoms with Gasteiger partial charge in [0.15, 0.2) is 0 Å². The molecule has 0 aliphatic carbocycles. The lowest BCUT2D eigenvalue weighted by molar-refractivity contribution is -0.150. The molecule has 59 heavy (non-hydrogen) atoms. The highest BCUT2D eigenvalue weighted by atomic mass is 16.5. The zero-order valence-corrected chi connectivity index (χ0v) is 39.6. The van der Waals surface area contributed by atoms with Crippen molar-refractivity contribution in [2.75, 3.05) is 6.54 Å². The topological polar surface area (TPSA) is 119 Å². The van der Waals surface area contributed by atoms with Crippen molar-refractivity contribution in [3.05, 3.63) is 0 Å². The van der Waals surface area contributed by atoms with E-state index in [1.807, 2.05) is 0 Å². The van der Waals surface area contributed by atoms with E-state index >= 15 is 0 Å². The van der Waals surface area contributed by atoms with Crippen LogP contribution in [0.15, 0.2) is 0 Å². The van der Waals surface area contributed by atoms with E-state index in [1.165, 1.54) is 193 Å². The van der Waals surface area contributed by atoms with Crippen LogP contribution >= 0.6 is 0 Å². The van der Waals surface area contributed by atoms with Crippen molar-refractivity contribution >= 4 is 17.8 Å². The van der Waals surface area contributed by atoms with Gasteiger partial charge in [0.25, 0.3) is 0 Å². The number of carbonyl (C=O) groups excluding carboxylic acids is 2. The summed E-state index contributed by atoms with van der Waals surface area (Å²) in [6.45, 7) is 4.98. The molecule has 1 amide bonds. The number of aliphatic carboxylic acids is 1. The number of hydrogen-bond acceptors (Lipinski definition) is 5. The molecule has 0 aliphatic rings. The van der Waals surface area contributed by atoms with Crippen LogP contribution < -0.4 is 11.1 Å². The summed E-state index contributed by atoms with van der Waals surface area (Å²) < 4.78 is 6.09. The first-order valence-corrected chi connectivity index (χ1v) is 26.4. The molecule has 0 fully saturated rings. The van der Waals surface area contributed by atoms with E-state index in [0.29, 0.717) is 32.2 Å². The monoisotopic (exact) mass is 835 g/mol. The Bertz CT molecular complexity index is 898. The van der Waals surface area contributed by atoms with Gasteiger partial charge in [-0.15, -0.1) is 0 Å². The maximum absolute atomic E-state index is 12.9. The molecule has 0 spiro atoms. The zero-order chi connectivity index (χ0) is 43.1.